The Morgan fingerprint density at radius 2 is 2.24 bits per heavy atom. The van der Waals surface area contributed by atoms with E-state index in [1.165, 1.54) is 19.3 Å². The van der Waals surface area contributed by atoms with E-state index < -0.39 is 0 Å². The lowest BCUT2D eigenvalue weighted by atomic mass is 10.1. The highest BCUT2D eigenvalue weighted by Gasteiger charge is 2.12. The molecule has 0 radical (unpaired) electrons. The third-order valence-electron chi connectivity index (χ3n) is 3.10. The summed E-state index contributed by atoms with van der Waals surface area (Å²) in [7, 11) is 1.68. The van der Waals surface area contributed by atoms with E-state index in [0.29, 0.717) is 6.04 Å². The molecule has 0 bridgehead atoms. The summed E-state index contributed by atoms with van der Waals surface area (Å²) in [6.07, 6.45) is 3.66. The molecule has 17 heavy (non-hydrogen) atoms. The number of rotatable bonds is 3. The summed E-state index contributed by atoms with van der Waals surface area (Å²) in [5.41, 5.74) is 1.16. The zero-order chi connectivity index (χ0) is 12.1. The first-order valence-electron chi connectivity index (χ1n) is 6.10. The lowest BCUT2D eigenvalue weighted by molar-refractivity contribution is 0.412. The van der Waals surface area contributed by atoms with Gasteiger partial charge in [-0.05, 0) is 66.5 Å². The standard InChI is InChI=1S/C13H19BrN2O/c1-17-13-5-4-11(9-12(13)14)16-10-3-2-7-15-8-6-10/h4-5,9-10,15-16H,2-3,6-8H2,1H3. The van der Waals surface area contributed by atoms with Gasteiger partial charge in [-0.25, -0.2) is 0 Å². The second-order valence-corrected chi connectivity index (χ2v) is 5.23. The highest BCUT2D eigenvalue weighted by atomic mass is 79.9. The molecule has 2 rings (SSSR count). The summed E-state index contributed by atoms with van der Waals surface area (Å²) in [4.78, 5) is 0. The average Bonchev–Trinajstić information content (AvgIpc) is 2.58. The van der Waals surface area contributed by atoms with Crippen molar-refractivity contribution in [2.24, 2.45) is 0 Å². The number of nitrogens with one attached hydrogen (secondary N) is 2. The minimum Gasteiger partial charge on any atom is -0.496 e. The van der Waals surface area contributed by atoms with Gasteiger partial charge in [0.25, 0.3) is 0 Å². The van der Waals surface area contributed by atoms with Gasteiger partial charge < -0.3 is 15.4 Å². The van der Waals surface area contributed by atoms with E-state index >= 15 is 0 Å². The predicted octanol–water partition coefficient (Wildman–Crippen LogP) is 3.01. The molecule has 4 heteroatoms. The number of ether oxygens (including phenoxy) is 1. The van der Waals surface area contributed by atoms with E-state index in [2.05, 4.69) is 38.7 Å². The van der Waals surface area contributed by atoms with Gasteiger partial charge in [0.15, 0.2) is 0 Å². The number of methoxy groups -OCH3 is 1. The summed E-state index contributed by atoms with van der Waals surface area (Å²) in [6.45, 7) is 2.25. The highest BCUT2D eigenvalue weighted by Crippen LogP contribution is 2.28. The monoisotopic (exact) mass is 298 g/mol. The average molecular weight is 299 g/mol. The Hall–Kier alpha value is -0.740. The Labute approximate surface area is 111 Å². The Morgan fingerprint density at radius 1 is 1.35 bits per heavy atom. The second-order valence-electron chi connectivity index (χ2n) is 4.37. The summed E-state index contributed by atoms with van der Waals surface area (Å²) < 4.78 is 6.22. The molecule has 1 aromatic carbocycles. The molecule has 0 aromatic heterocycles. The van der Waals surface area contributed by atoms with Crippen molar-refractivity contribution in [3.63, 3.8) is 0 Å². The molecule has 94 valence electrons. The molecule has 1 aromatic rings. The molecule has 1 fully saturated rings. The molecule has 0 spiro atoms. The maximum Gasteiger partial charge on any atom is 0.133 e. The summed E-state index contributed by atoms with van der Waals surface area (Å²) in [5, 5.41) is 7.01. The van der Waals surface area contributed by atoms with Crippen LogP contribution in [0.5, 0.6) is 5.75 Å². The molecule has 1 aliphatic heterocycles. The predicted molar refractivity (Wildman–Crippen MR) is 74.8 cm³/mol. The minimum atomic E-state index is 0.574. The van der Waals surface area contributed by atoms with E-state index in [4.69, 9.17) is 4.74 Å². The van der Waals surface area contributed by atoms with Crippen LogP contribution in [0.2, 0.25) is 0 Å². The van der Waals surface area contributed by atoms with Gasteiger partial charge >= 0.3 is 0 Å². The van der Waals surface area contributed by atoms with Crippen LogP contribution in [0, 0.1) is 0 Å². The first kappa shape index (κ1) is 12.7. The third-order valence-corrected chi connectivity index (χ3v) is 3.72. The number of halogens is 1. The highest BCUT2D eigenvalue weighted by molar-refractivity contribution is 9.10. The largest absolute Gasteiger partial charge is 0.496 e. The molecule has 1 aliphatic rings. The molecule has 1 unspecified atom stereocenters. The SMILES string of the molecule is COc1ccc(NC2CCCNCC2)cc1Br. The fourth-order valence-corrected chi connectivity index (χ4v) is 2.70. The maximum atomic E-state index is 5.23. The second kappa shape index (κ2) is 6.26. The van der Waals surface area contributed by atoms with Gasteiger partial charge in [-0.15, -0.1) is 0 Å². The van der Waals surface area contributed by atoms with Gasteiger partial charge in [0.1, 0.15) is 5.75 Å². The van der Waals surface area contributed by atoms with Crippen molar-refractivity contribution >= 4 is 21.6 Å². The smallest absolute Gasteiger partial charge is 0.133 e. The number of benzene rings is 1. The van der Waals surface area contributed by atoms with Crippen LogP contribution in [0.15, 0.2) is 22.7 Å². The van der Waals surface area contributed by atoms with E-state index in [1.807, 2.05) is 6.07 Å². The zero-order valence-electron chi connectivity index (χ0n) is 10.1. The lowest BCUT2D eigenvalue weighted by Crippen LogP contribution is -2.21. The lowest BCUT2D eigenvalue weighted by Gasteiger charge is -2.18. The maximum absolute atomic E-state index is 5.23. The normalized spacial score (nSPS) is 20.7. The summed E-state index contributed by atoms with van der Waals surface area (Å²) in [6, 6.07) is 6.71. The van der Waals surface area contributed by atoms with Crippen LogP contribution in [-0.4, -0.2) is 26.2 Å². The van der Waals surface area contributed by atoms with Gasteiger partial charge in [-0.1, -0.05) is 0 Å². The van der Waals surface area contributed by atoms with E-state index in [0.717, 1.165) is 29.0 Å². The van der Waals surface area contributed by atoms with Crippen LogP contribution < -0.4 is 15.4 Å². The fourth-order valence-electron chi connectivity index (χ4n) is 2.16. The summed E-state index contributed by atoms with van der Waals surface area (Å²) >= 11 is 3.51. The van der Waals surface area contributed by atoms with E-state index in [-0.39, 0.29) is 0 Å². The van der Waals surface area contributed by atoms with Gasteiger partial charge in [0.2, 0.25) is 0 Å². The molecular formula is C13H19BrN2O. The zero-order valence-corrected chi connectivity index (χ0v) is 11.7. The summed E-state index contributed by atoms with van der Waals surface area (Å²) in [5.74, 6) is 0.873. The van der Waals surface area contributed by atoms with Gasteiger partial charge in [-0.3, -0.25) is 0 Å². The fraction of sp³-hybridized carbons (Fsp3) is 0.538. The van der Waals surface area contributed by atoms with Crippen LogP contribution in [0.3, 0.4) is 0 Å². The van der Waals surface area contributed by atoms with Crippen LogP contribution in [0.1, 0.15) is 19.3 Å². The molecule has 2 N–H and O–H groups in total. The molecule has 0 aliphatic carbocycles. The Kier molecular flexibility index (Phi) is 4.68. The number of hydrogen-bond acceptors (Lipinski definition) is 3. The molecular weight excluding hydrogens is 280 g/mol. The number of anilines is 1. The van der Waals surface area contributed by atoms with E-state index in [1.54, 1.807) is 7.11 Å². The first-order valence-corrected chi connectivity index (χ1v) is 6.89. The van der Waals surface area contributed by atoms with Crippen molar-refractivity contribution in [2.45, 2.75) is 25.3 Å². The topological polar surface area (TPSA) is 33.3 Å². The van der Waals surface area contributed by atoms with Crippen LogP contribution >= 0.6 is 15.9 Å². The van der Waals surface area contributed by atoms with Gasteiger partial charge in [-0.2, -0.15) is 0 Å². The minimum absolute atomic E-state index is 0.574. The Bertz CT molecular complexity index is 362. The van der Waals surface area contributed by atoms with Crippen molar-refractivity contribution < 1.29 is 4.74 Å². The van der Waals surface area contributed by atoms with E-state index in [9.17, 15) is 0 Å². The quantitative estimate of drug-likeness (QED) is 0.900. The molecule has 1 saturated heterocycles. The molecule has 0 amide bonds. The molecule has 1 atom stereocenters. The van der Waals surface area contributed by atoms with Crippen LogP contribution in [-0.2, 0) is 0 Å². The van der Waals surface area contributed by atoms with Crippen LogP contribution in [0.25, 0.3) is 0 Å². The van der Waals surface area contributed by atoms with Crippen LogP contribution in [0.4, 0.5) is 5.69 Å². The molecule has 3 nitrogen and oxygen atoms in total. The van der Waals surface area contributed by atoms with Crippen molar-refractivity contribution in [2.75, 3.05) is 25.5 Å². The Balaban J connectivity index is 1.99. The number of hydrogen-bond donors (Lipinski definition) is 2. The van der Waals surface area contributed by atoms with Crippen molar-refractivity contribution in [1.82, 2.24) is 5.32 Å². The first-order chi connectivity index (χ1) is 8.29. The Morgan fingerprint density at radius 3 is 3.00 bits per heavy atom. The molecule has 0 saturated carbocycles. The molecule has 1 heterocycles. The van der Waals surface area contributed by atoms with Crippen molar-refractivity contribution in [3.05, 3.63) is 22.7 Å². The van der Waals surface area contributed by atoms with Gasteiger partial charge in [0.05, 0.1) is 11.6 Å². The van der Waals surface area contributed by atoms with Crippen molar-refractivity contribution in [3.8, 4) is 5.75 Å². The van der Waals surface area contributed by atoms with Gasteiger partial charge in [0, 0.05) is 11.7 Å². The third kappa shape index (κ3) is 3.61. The van der Waals surface area contributed by atoms with Crippen molar-refractivity contribution in [1.29, 1.82) is 0 Å².